The Morgan fingerprint density at radius 2 is 1.26 bits per heavy atom. The van der Waals surface area contributed by atoms with Crippen molar-refractivity contribution in [2.75, 3.05) is 11.9 Å². The second kappa shape index (κ2) is 18.8. The van der Waals surface area contributed by atoms with Gasteiger partial charge in [0.05, 0.1) is 0 Å². The van der Waals surface area contributed by atoms with Crippen molar-refractivity contribution in [3.05, 3.63) is 88.1 Å². The minimum atomic E-state index is -1.17. The third-order valence-corrected chi connectivity index (χ3v) is 11.3. The maximum Gasteiger partial charge on any atom is 0.344 e. The number of fused-ring (bicyclic) bond motifs is 2. The summed E-state index contributed by atoms with van der Waals surface area (Å²) in [6.45, 7) is 4.23. The van der Waals surface area contributed by atoms with Gasteiger partial charge in [0.1, 0.15) is 27.1 Å². The third-order valence-electron chi connectivity index (χ3n) is 8.98. The summed E-state index contributed by atoms with van der Waals surface area (Å²) in [4.78, 5) is 48.9. The number of benzene rings is 3. The van der Waals surface area contributed by atoms with E-state index in [9.17, 15) is 38.2 Å². The SMILES string of the molecule is CCC(Oc1c(C(=O)Nc2c(F)cccc2F)sc2ccccc12)C(=O)O.CCCC(Oc1c(C(=O)NCC2CCCCC2)sc2ccccc12)C(=O)O. The van der Waals surface area contributed by atoms with Crippen molar-refractivity contribution >= 4 is 72.3 Å². The standard InChI is InChI=1S/C21H27NO4S.C19H15F2NO4S/c1-2-8-16(21(24)25)26-18-15-11-6-7-12-17(15)27-19(18)20(23)22-13-14-9-4-3-5-10-14;1-2-13(19(24)25)26-16-10-6-3-4-9-14(10)27-17(16)18(23)22-15-11(20)7-5-8-12(15)21/h6-7,11-12,14,16H,2-5,8-10,13H2,1H3,(H,22,23)(H,24,25);3-9,13H,2H2,1H3,(H,22,23)(H,24,25). The fraction of sp³-hybridized carbons (Fsp3) is 0.350. The molecule has 0 bridgehead atoms. The van der Waals surface area contributed by atoms with E-state index in [4.69, 9.17) is 9.47 Å². The number of carboxylic acid groups (broad SMARTS) is 2. The van der Waals surface area contributed by atoms with Crippen LogP contribution in [0.25, 0.3) is 20.2 Å². The maximum atomic E-state index is 13.8. The van der Waals surface area contributed by atoms with Gasteiger partial charge in [0.15, 0.2) is 23.7 Å². The van der Waals surface area contributed by atoms with Crippen molar-refractivity contribution in [3.63, 3.8) is 0 Å². The molecule has 1 aliphatic carbocycles. The van der Waals surface area contributed by atoms with E-state index in [0.717, 1.165) is 46.4 Å². The Hall–Kier alpha value is -5.08. The molecule has 6 rings (SSSR count). The van der Waals surface area contributed by atoms with Crippen LogP contribution in [-0.2, 0) is 9.59 Å². The van der Waals surface area contributed by atoms with Gasteiger partial charge >= 0.3 is 11.9 Å². The van der Waals surface area contributed by atoms with Gasteiger partial charge < -0.3 is 30.3 Å². The highest BCUT2D eigenvalue weighted by atomic mass is 32.1. The summed E-state index contributed by atoms with van der Waals surface area (Å²) in [6, 6.07) is 17.8. The molecule has 286 valence electrons. The minimum absolute atomic E-state index is 0.0403. The van der Waals surface area contributed by atoms with Crippen LogP contribution in [-0.4, -0.2) is 52.7 Å². The molecule has 1 fully saturated rings. The van der Waals surface area contributed by atoms with Crippen LogP contribution >= 0.6 is 22.7 Å². The first-order valence-corrected chi connectivity index (χ1v) is 19.5. The average molecular weight is 781 g/mol. The van der Waals surface area contributed by atoms with Crippen LogP contribution < -0.4 is 20.1 Å². The molecule has 54 heavy (non-hydrogen) atoms. The number of ether oxygens (including phenoxy) is 2. The lowest BCUT2D eigenvalue weighted by molar-refractivity contribution is -0.146. The first-order chi connectivity index (χ1) is 26.0. The predicted octanol–water partition coefficient (Wildman–Crippen LogP) is 9.52. The number of anilines is 1. The van der Waals surface area contributed by atoms with E-state index in [0.29, 0.717) is 46.0 Å². The second-order valence-electron chi connectivity index (χ2n) is 12.9. The maximum absolute atomic E-state index is 13.8. The number of halogens is 2. The predicted molar refractivity (Wildman–Crippen MR) is 206 cm³/mol. The Bertz CT molecular complexity index is 2090. The van der Waals surface area contributed by atoms with Crippen LogP contribution in [0.5, 0.6) is 11.5 Å². The van der Waals surface area contributed by atoms with Crippen LogP contribution in [0, 0.1) is 17.6 Å². The van der Waals surface area contributed by atoms with E-state index in [1.165, 1.54) is 36.7 Å². The van der Waals surface area contributed by atoms with Crippen molar-refractivity contribution in [1.29, 1.82) is 0 Å². The summed E-state index contributed by atoms with van der Waals surface area (Å²) in [5.74, 6) is -3.93. The van der Waals surface area contributed by atoms with Gasteiger partial charge in [0.2, 0.25) is 0 Å². The number of thiophene rings is 2. The van der Waals surface area contributed by atoms with Gasteiger partial charge in [-0.25, -0.2) is 18.4 Å². The van der Waals surface area contributed by atoms with Crippen LogP contribution in [0.4, 0.5) is 14.5 Å². The lowest BCUT2D eigenvalue weighted by atomic mass is 9.89. The van der Waals surface area contributed by atoms with Gasteiger partial charge in [-0.2, -0.15) is 0 Å². The van der Waals surface area contributed by atoms with Crippen molar-refractivity contribution in [1.82, 2.24) is 5.32 Å². The number of carbonyl (C=O) groups excluding carboxylic acids is 2. The minimum Gasteiger partial charge on any atom is -0.479 e. The lowest BCUT2D eigenvalue weighted by Crippen LogP contribution is -2.31. The second-order valence-corrected chi connectivity index (χ2v) is 15.0. The number of rotatable bonds is 14. The number of hydrogen-bond acceptors (Lipinski definition) is 8. The Morgan fingerprint density at radius 1 is 0.741 bits per heavy atom. The van der Waals surface area contributed by atoms with Crippen molar-refractivity contribution in [2.45, 2.75) is 77.4 Å². The number of nitrogens with one attached hydrogen (secondary N) is 2. The molecule has 10 nitrogen and oxygen atoms in total. The summed E-state index contributed by atoms with van der Waals surface area (Å²) in [5.41, 5.74) is -0.573. The summed E-state index contributed by atoms with van der Waals surface area (Å²) in [5, 5.41) is 25.3. The van der Waals surface area contributed by atoms with Gasteiger partial charge in [0, 0.05) is 26.7 Å². The molecule has 0 aliphatic heterocycles. The molecule has 1 saturated carbocycles. The zero-order chi connectivity index (χ0) is 38.8. The monoisotopic (exact) mass is 780 g/mol. The number of carboxylic acids is 2. The molecule has 14 heteroatoms. The highest BCUT2D eigenvalue weighted by molar-refractivity contribution is 7.21. The zero-order valence-corrected chi connectivity index (χ0v) is 31.5. The Balaban J connectivity index is 0.000000208. The molecule has 2 aromatic heterocycles. The quantitative estimate of drug-likeness (QED) is 0.0870. The van der Waals surface area contributed by atoms with Gasteiger partial charge in [0.25, 0.3) is 11.8 Å². The molecule has 0 saturated heterocycles. The van der Waals surface area contributed by atoms with Crippen molar-refractivity contribution < 1.29 is 47.6 Å². The summed E-state index contributed by atoms with van der Waals surface area (Å²) in [7, 11) is 0. The van der Waals surface area contributed by atoms with E-state index in [-0.39, 0.29) is 23.0 Å². The number of hydrogen-bond donors (Lipinski definition) is 4. The van der Waals surface area contributed by atoms with E-state index in [1.54, 1.807) is 31.2 Å². The Morgan fingerprint density at radius 3 is 1.78 bits per heavy atom. The molecule has 2 amide bonds. The Labute approximate surface area is 319 Å². The zero-order valence-electron chi connectivity index (χ0n) is 29.9. The summed E-state index contributed by atoms with van der Waals surface area (Å²) < 4.78 is 40.8. The number of para-hydroxylation sites is 1. The fourth-order valence-electron chi connectivity index (χ4n) is 6.16. The molecule has 1 aliphatic rings. The van der Waals surface area contributed by atoms with E-state index in [1.807, 2.05) is 31.2 Å². The number of aliphatic carboxylic acids is 2. The van der Waals surface area contributed by atoms with Crippen LogP contribution in [0.1, 0.15) is 84.6 Å². The van der Waals surface area contributed by atoms with Crippen LogP contribution in [0.2, 0.25) is 0 Å². The van der Waals surface area contributed by atoms with Gasteiger partial charge in [-0.05, 0) is 68.0 Å². The topological polar surface area (TPSA) is 151 Å². The van der Waals surface area contributed by atoms with E-state index < -0.39 is 47.4 Å². The highest BCUT2D eigenvalue weighted by Crippen LogP contribution is 2.40. The van der Waals surface area contributed by atoms with E-state index >= 15 is 0 Å². The number of amides is 2. The molecule has 2 unspecified atom stereocenters. The first kappa shape index (κ1) is 40.1. The van der Waals surface area contributed by atoms with Gasteiger partial charge in [-0.15, -0.1) is 22.7 Å². The van der Waals surface area contributed by atoms with E-state index in [2.05, 4.69) is 10.6 Å². The fourth-order valence-corrected chi connectivity index (χ4v) is 8.25. The average Bonchev–Trinajstić information content (AvgIpc) is 3.73. The normalized spacial score (nSPS) is 14.1. The van der Waals surface area contributed by atoms with Crippen molar-refractivity contribution in [3.8, 4) is 11.5 Å². The summed E-state index contributed by atoms with van der Waals surface area (Å²) >= 11 is 2.41. The molecule has 0 radical (unpaired) electrons. The van der Waals surface area contributed by atoms with Crippen molar-refractivity contribution in [2.24, 2.45) is 5.92 Å². The molecule has 5 aromatic rings. The first-order valence-electron chi connectivity index (χ1n) is 17.9. The van der Waals surface area contributed by atoms with Gasteiger partial charge in [-0.1, -0.05) is 69.9 Å². The molecule has 3 aromatic carbocycles. The van der Waals surface area contributed by atoms with Gasteiger partial charge in [-0.3, -0.25) is 9.59 Å². The largest absolute Gasteiger partial charge is 0.479 e. The molecular formula is C40H42F2N2O8S2. The van der Waals surface area contributed by atoms with Crippen LogP contribution in [0.3, 0.4) is 0 Å². The molecule has 2 atom stereocenters. The highest BCUT2D eigenvalue weighted by Gasteiger charge is 2.28. The summed E-state index contributed by atoms with van der Waals surface area (Å²) in [6.07, 6.45) is 5.25. The third kappa shape index (κ3) is 9.71. The smallest absolute Gasteiger partial charge is 0.344 e. The Kier molecular flexibility index (Phi) is 14.0. The lowest BCUT2D eigenvalue weighted by Gasteiger charge is -2.21. The molecule has 4 N–H and O–H groups in total. The number of carbonyl (C=O) groups is 4. The molecule has 0 spiro atoms. The molecule has 2 heterocycles. The van der Waals surface area contributed by atoms with Crippen LogP contribution in [0.15, 0.2) is 66.7 Å². The molecular weight excluding hydrogens is 739 g/mol.